The molecule has 12 bridgehead atoms. The summed E-state index contributed by atoms with van der Waals surface area (Å²) in [6.45, 7) is 0. The van der Waals surface area contributed by atoms with E-state index in [0.29, 0.717) is 45.3 Å². The maximum Gasteiger partial charge on any atom is 0.136 e. The third-order valence-corrected chi connectivity index (χ3v) is 8.65. The van der Waals surface area contributed by atoms with Gasteiger partial charge in [-0.25, -0.2) is 0 Å². The second kappa shape index (κ2) is 17.1. The Hall–Kier alpha value is -8.12. The van der Waals surface area contributed by atoms with Crippen LogP contribution in [0.1, 0.15) is 66.8 Å². The highest BCUT2D eigenvalue weighted by Crippen LogP contribution is 2.29. The molecular weight excluding hydrogens is 689 g/mol. The van der Waals surface area contributed by atoms with Gasteiger partial charge in [0.1, 0.15) is 23.0 Å². The van der Waals surface area contributed by atoms with Gasteiger partial charge in [-0.05, 0) is 97.1 Å². The number of ether oxygens (including phenoxy) is 4. The van der Waals surface area contributed by atoms with Crippen molar-refractivity contribution in [1.82, 2.24) is 0 Å². The van der Waals surface area contributed by atoms with E-state index in [1.807, 2.05) is 121 Å². The maximum absolute atomic E-state index is 5.69. The highest BCUT2D eigenvalue weighted by molar-refractivity contribution is 5.63. The Kier molecular flexibility index (Phi) is 11.1. The van der Waals surface area contributed by atoms with Crippen LogP contribution in [0.15, 0.2) is 121 Å². The summed E-state index contributed by atoms with van der Waals surface area (Å²) in [5.74, 6) is 41.2. The molecule has 0 aliphatic heterocycles. The van der Waals surface area contributed by atoms with Crippen LogP contribution in [0.25, 0.3) is 0 Å². The van der Waals surface area contributed by atoms with Gasteiger partial charge in [-0.2, -0.15) is 0 Å². The summed E-state index contributed by atoms with van der Waals surface area (Å²) in [5, 5.41) is 0. The smallest absolute Gasteiger partial charge is 0.136 e. The van der Waals surface area contributed by atoms with Crippen molar-refractivity contribution in [3.63, 3.8) is 0 Å². The summed E-state index contributed by atoms with van der Waals surface area (Å²) in [6.07, 6.45) is 0. The summed E-state index contributed by atoms with van der Waals surface area (Å²) in [7, 11) is 6.47. The van der Waals surface area contributed by atoms with Crippen LogP contribution >= 0.6 is 0 Å². The van der Waals surface area contributed by atoms with Crippen molar-refractivity contribution in [2.75, 3.05) is 28.4 Å². The molecule has 0 saturated carbocycles. The van der Waals surface area contributed by atoms with E-state index >= 15 is 0 Å². The van der Waals surface area contributed by atoms with Crippen molar-refractivity contribution in [3.8, 4) is 94.0 Å². The van der Waals surface area contributed by atoms with Crippen LogP contribution in [-0.2, 0) is 0 Å². The minimum atomic E-state index is 0.606. The van der Waals surface area contributed by atoms with E-state index in [1.165, 1.54) is 0 Å². The SMILES string of the molecule is COc1cc2c(OC)cc1C#Cc1ccc(cc1)C#Cc1ccc(cc1)C#Cc1cc(OC)c(cc1OC)C#Cc1ccc(cc1)C#Cc1ccc(cc1)C#C2. The van der Waals surface area contributed by atoms with E-state index < -0.39 is 0 Å². The van der Waals surface area contributed by atoms with Crippen LogP contribution in [0.5, 0.6) is 23.0 Å². The molecule has 56 heavy (non-hydrogen) atoms. The van der Waals surface area contributed by atoms with Crippen LogP contribution in [-0.4, -0.2) is 28.4 Å². The van der Waals surface area contributed by atoms with Crippen LogP contribution in [0, 0.1) is 71.0 Å². The number of hydrogen-bond donors (Lipinski definition) is 0. The van der Waals surface area contributed by atoms with Gasteiger partial charge in [0, 0.05) is 68.8 Å². The molecule has 22 rings (SSSR count). The van der Waals surface area contributed by atoms with Crippen molar-refractivity contribution in [1.29, 1.82) is 0 Å². The molecule has 4 heteroatoms. The lowest BCUT2D eigenvalue weighted by Crippen LogP contribution is -1.94. The second-order valence-corrected chi connectivity index (χ2v) is 12.3. The quantitative estimate of drug-likeness (QED) is 0.171. The lowest BCUT2D eigenvalue weighted by molar-refractivity contribution is 0.401. The van der Waals surface area contributed by atoms with Crippen LogP contribution in [0.2, 0.25) is 0 Å². The van der Waals surface area contributed by atoms with Gasteiger partial charge < -0.3 is 18.9 Å². The van der Waals surface area contributed by atoms with Crippen molar-refractivity contribution < 1.29 is 18.9 Å². The molecule has 4 nitrogen and oxygen atoms in total. The fourth-order valence-electron chi connectivity index (χ4n) is 5.58. The fraction of sp³-hybridized carbons (Fsp3) is 0.0769. The Labute approximate surface area is 328 Å². The van der Waals surface area contributed by atoms with Gasteiger partial charge in [-0.15, -0.1) is 0 Å². The monoisotopic (exact) mass is 720 g/mol. The fourth-order valence-corrected chi connectivity index (χ4v) is 5.58. The highest BCUT2D eigenvalue weighted by atomic mass is 16.5. The van der Waals surface area contributed by atoms with Crippen LogP contribution in [0.3, 0.4) is 0 Å². The molecule has 6 aromatic rings. The van der Waals surface area contributed by atoms with Gasteiger partial charge in [0.2, 0.25) is 0 Å². The molecule has 0 radical (unpaired) electrons. The van der Waals surface area contributed by atoms with Gasteiger partial charge in [0.25, 0.3) is 0 Å². The van der Waals surface area contributed by atoms with E-state index in [9.17, 15) is 0 Å². The lowest BCUT2D eigenvalue weighted by Gasteiger charge is -2.09. The van der Waals surface area contributed by atoms with Crippen molar-refractivity contribution in [2.45, 2.75) is 0 Å². The predicted octanol–water partition coefficient (Wildman–Crippen LogP) is 8.43. The normalized spacial score (nSPS) is 10.5. The standard InChI is InChI=1S/C52H32O4/c1-53-49-33-46-30-26-42-19-11-38(12-20-42)7-8-40-15-23-44(24-16-40)28-32-48-36-51(55-3)47(35-52(48)56-4)31-27-43-21-13-39(14-22-43)6-5-37-9-17-41(18-10-37)25-29-45(49)34-50(46)54-2/h9-24,33-36H,1-4H3. The van der Waals surface area contributed by atoms with E-state index in [0.717, 1.165) is 44.5 Å². The molecule has 264 valence electrons. The van der Waals surface area contributed by atoms with Crippen LogP contribution in [0.4, 0.5) is 0 Å². The maximum atomic E-state index is 5.69. The van der Waals surface area contributed by atoms with Crippen LogP contribution < -0.4 is 18.9 Å². The molecule has 16 aliphatic carbocycles. The summed E-state index contributed by atoms with van der Waals surface area (Å²) in [5.41, 5.74) is 9.63. The average Bonchev–Trinajstić information content (AvgIpc) is 3.25. The third kappa shape index (κ3) is 8.90. The number of rotatable bonds is 4. The highest BCUT2D eigenvalue weighted by Gasteiger charge is 2.10. The molecule has 6 aromatic carbocycles. The molecular formula is C52H32O4. The van der Waals surface area contributed by atoms with Gasteiger partial charge in [-0.3, -0.25) is 0 Å². The molecule has 0 fully saturated rings. The Balaban J connectivity index is 1.25. The zero-order valence-corrected chi connectivity index (χ0v) is 31.2. The first-order valence-corrected chi connectivity index (χ1v) is 17.5. The largest absolute Gasteiger partial charge is 0.495 e. The molecule has 16 aliphatic rings. The Bertz CT molecular complexity index is 2430. The Morgan fingerprint density at radius 1 is 0.232 bits per heavy atom. The van der Waals surface area contributed by atoms with Crippen molar-refractivity contribution in [2.24, 2.45) is 0 Å². The summed E-state index contributed by atoms with van der Waals surface area (Å²) in [6, 6.07) is 38.6. The van der Waals surface area contributed by atoms with Gasteiger partial charge >= 0.3 is 0 Å². The number of hydrogen-bond acceptors (Lipinski definition) is 4. The zero-order valence-electron chi connectivity index (χ0n) is 31.2. The summed E-state index contributed by atoms with van der Waals surface area (Å²) < 4.78 is 22.8. The van der Waals surface area contributed by atoms with E-state index in [4.69, 9.17) is 18.9 Å². The van der Waals surface area contributed by atoms with E-state index in [1.54, 1.807) is 28.4 Å². The lowest BCUT2D eigenvalue weighted by atomic mass is 10.1. The minimum absolute atomic E-state index is 0.606. The minimum Gasteiger partial charge on any atom is -0.495 e. The first-order valence-electron chi connectivity index (χ1n) is 17.5. The van der Waals surface area contributed by atoms with Crippen molar-refractivity contribution >= 4 is 0 Å². The zero-order chi connectivity index (χ0) is 38.7. The topological polar surface area (TPSA) is 36.9 Å². The molecule has 0 spiro atoms. The molecule has 0 heterocycles. The molecule has 0 amide bonds. The molecule has 0 aromatic heterocycles. The molecule has 0 saturated heterocycles. The summed E-state index contributed by atoms with van der Waals surface area (Å²) >= 11 is 0. The Morgan fingerprint density at radius 3 is 0.518 bits per heavy atom. The first-order chi connectivity index (χ1) is 27.5. The van der Waals surface area contributed by atoms with Gasteiger partial charge in [-0.1, -0.05) is 71.0 Å². The third-order valence-electron chi connectivity index (χ3n) is 8.65. The van der Waals surface area contributed by atoms with E-state index in [-0.39, 0.29) is 0 Å². The predicted molar refractivity (Wildman–Crippen MR) is 221 cm³/mol. The number of benzene rings is 6. The van der Waals surface area contributed by atoms with E-state index in [2.05, 4.69) is 71.0 Å². The molecule has 0 atom stereocenters. The first kappa shape index (κ1) is 36.2. The Morgan fingerprint density at radius 2 is 0.375 bits per heavy atom. The molecule has 0 unspecified atom stereocenters. The van der Waals surface area contributed by atoms with Gasteiger partial charge in [0.05, 0.1) is 50.7 Å². The second-order valence-electron chi connectivity index (χ2n) is 12.3. The number of methoxy groups -OCH3 is 4. The average molecular weight is 721 g/mol. The molecule has 0 N–H and O–H groups in total. The van der Waals surface area contributed by atoms with Crippen molar-refractivity contribution in [3.05, 3.63) is 188 Å². The van der Waals surface area contributed by atoms with Gasteiger partial charge in [0.15, 0.2) is 0 Å². The summed E-state index contributed by atoms with van der Waals surface area (Å²) in [4.78, 5) is 0.